The molecule has 0 atom stereocenters. The van der Waals surface area contributed by atoms with E-state index in [9.17, 15) is 9.50 Å². The topological polar surface area (TPSA) is 23.5 Å². The Morgan fingerprint density at radius 2 is 2.18 bits per heavy atom. The molecule has 1 N–H and O–H groups in total. The van der Waals surface area contributed by atoms with Crippen molar-refractivity contribution in [3.05, 3.63) is 29.6 Å². The van der Waals surface area contributed by atoms with E-state index in [1.165, 1.54) is 18.9 Å². The van der Waals surface area contributed by atoms with Gasteiger partial charge in [0.2, 0.25) is 0 Å². The van der Waals surface area contributed by atoms with E-state index in [0.29, 0.717) is 11.6 Å². The fourth-order valence-corrected chi connectivity index (χ4v) is 2.19. The lowest BCUT2D eigenvalue weighted by Gasteiger charge is -2.26. The molecule has 1 aliphatic carbocycles. The lowest BCUT2D eigenvalue weighted by molar-refractivity contribution is 0.276. The number of rotatable bonds is 6. The summed E-state index contributed by atoms with van der Waals surface area (Å²) in [7, 11) is 0. The van der Waals surface area contributed by atoms with E-state index < -0.39 is 0 Å². The van der Waals surface area contributed by atoms with Crippen molar-refractivity contribution in [2.45, 2.75) is 45.3 Å². The van der Waals surface area contributed by atoms with Crippen LogP contribution in [0.3, 0.4) is 0 Å². The van der Waals surface area contributed by atoms with Gasteiger partial charge in [0, 0.05) is 23.8 Å². The molecular formula is C14H20FNO. The van der Waals surface area contributed by atoms with Gasteiger partial charge in [0.25, 0.3) is 0 Å². The average molecular weight is 237 g/mol. The highest BCUT2D eigenvalue weighted by atomic mass is 19.1. The number of unbranched alkanes of at least 4 members (excludes halogenated alkanes) is 1. The molecule has 0 radical (unpaired) electrons. The first-order valence-electron chi connectivity index (χ1n) is 6.42. The quantitative estimate of drug-likeness (QED) is 0.822. The monoisotopic (exact) mass is 237 g/mol. The molecule has 1 aromatic rings. The van der Waals surface area contributed by atoms with E-state index in [1.54, 1.807) is 6.07 Å². The summed E-state index contributed by atoms with van der Waals surface area (Å²) in [5.74, 6) is -0.299. The molecule has 0 aliphatic heterocycles. The fourth-order valence-electron chi connectivity index (χ4n) is 2.19. The van der Waals surface area contributed by atoms with E-state index in [-0.39, 0.29) is 12.4 Å². The van der Waals surface area contributed by atoms with Crippen LogP contribution in [-0.4, -0.2) is 17.7 Å². The molecule has 2 nitrogen and oxygen atoms in total. The van der Waals surface area contributed by atoms with Gasteiger partial charge in [-0.3, -0.25) is 0 Å². The van der Waals surface area contributed by atoms with Crippen molar-refractivity contribution >= 4 is 5.69 Å². The molecule has 0 bridgehead atoms. The molecule has 1 saturated carbocycles. The maximum atomic E-state index is 13.6. The zero-order valence-electron chi connectivity index (χ0n) is 10.3. The van der Waals surface area contributed by atoms with Crippen LogP contribution < -0.4 is 4.90 Å². The van der Waals surface area contributed by atoms with Crippen LogP contribution in [-0.2, 0) is 6.61 Å². The van der Waals surface area contributed by atoms with E-state index in [1.807, 2.05) is 6.07 Å². The maximum Gasteiger partial charge on any atom is 0.130 e. The van der Waals surface area contributed by atoms with Gasteiger partial charge in [0.1, 0.15) is 5.82 Å². The van der Waals surface area contributed by atoms with Crippen LogP contribution in [0.2, 0.25) is 0 Å². The lowest BCUT2D eigenvalue weighted by Crippen LogP contribution is -2.28. The largest absolute Gasteiger partial charge is 0.391 e. The number of benzene rings is 1. The summed E-state index contributed by atoms with van der Waals surface area (Å²) in [5, 5.41) is 9.31. The Morgan fingerprint density at radius 3 is 2.76 bits per heavy atom. The fraction of sp³-hybridized carbons (Fsp3) is 0.571. The molecule has 2 rings (SSSR count). The summed E-state index contributed by atoms with van der Waals surface area (Å²) in [5.41, 5.74) is 1.32. The number of hydrogen-bond donors (Lipinski definition) is 1. The minimum Gasteiger partial charge on any atom is -0.391 e. The molecular weight excluding hydrogens is 217 g/mol. The molecule has 0 amide bonds. The molecule has 1 aliphatic rings. The van der Waals surface area contributed by atoms with Crippen molar-refractivity contribution in [1.82, 2.24) is 0 Å². The Labute approximate surface area is 102 Å². The van der Waals surface area contributed by atoms with Gasteiger partial charge in [0.15, 0.2) is 0 Å². The van der Waals surface area contributed by atoms with Crippen LogP contribution in [0.25, 0.3) is 0 Å². The third kappa shape index (κ3) is 2.78. The van der Waals surface area contributed by atoms with E-state index in [0.717, 1.165) is 25.1 Å². The number of anilines is 1. The first-order chi connectivity index (χ1) is 8.27. The zero-order chi connectivity index (χ0) is 12.3. The van der Waals surface area contributed by atoms with Gasteiger partial charge in [-0.05, 0) is 31.4 Å². The molecule has 0 heterocycles. The molecule has 1 fully saturated rings. The van der Waals surface area contributed by atoms with Crippen LogP contribution in [0, 0.1) is 5.82 Å². The Hall–Kier alpha value is -1.09. The summed E-state index contributed by atoms with van der Waals surface area (Å²) in [4.78, 5) is 2.26. The Morgan fingerprint density at radius 1 is 1.41 bits per heavy atom. The molecule has 0 unspecified atom stereocenters. The molecule has 17 heavy (non-hydrogen) atoms. The summed E-state index contributed by atoms with van der Waals surface area (Å²) >= 11 is 0. The van der Waals surface area contributed by atoms with Gasteiger partial charge in [-0.2, -0.15) is 0 Å². The number of hydrogen-bond acceptors (Lipinski definition) is 2. The number of aliphatic hydroxyl groups is 1. The van der Waals surface area contributed by atoms with Gasteiger partial charge in [0.05, 0.1) is 6.61 Å². The predicted molar refractivity (Wildman–Crippen MR) is 67.6 cm³/mol. The highest BCUT2D eigenvalue weighted by Crippen LogP contribution is 2.34. The Kier molecular flexibility index (Phi) is 4.00. The first kappa shape index (κ1) is 12.4. The summed E-state index contributed by atoms with van der Waals surface area (Å²) in [6.45, 7) is 2.89. The molecule has 3 heteroatoms. The standard InChI is InChI=1S/C14H20FNO/c1-2-3-9-16(11-7-8-11)14-6-4-5-13(15)12(14)10-17/h4-6,11,17H,2-3,7-10H2,1H3. The zero-order valence-corrected chi connectivity index (χ0v) is 10.3. The molecule has 94 valence electrons. The van der Waals surface area contributed by atoms with Gasteiger partial charge in [-0.15, -0.1) is 0 Å². The Bertz CT molecular complexity index is 376. The van der Waals surface area contributed by atoms with Crippen molar-refractivity contribution in [2.75, 3.05) is 11.4 Å². The van der Waals surface area contributed by atoms with Crippen molar-refractivity contribution in [3.63, 3.8) is 0 Å². The second kappa shape index (κ2) is 5.50. The Balaban J connectivity index is 2.25. The average Bonchev–Trinajstić information content (AvgIpc) is 3.14. The smallest absolute Gasteiger partial charge is 0.130 e. The van der Waals surface area contributed by atoms with Crippen LogP contribution in [0.15, 0.2) is 18.2 Å². The lowest BCUT2D eigenvalue weighted by atomic mass is 10.1. The maximum absolute atomic E-state index is 13.6. The molecule has 0 aromatic heterocycles. The second-order valence-corrected chi connectivity index (χ2v) is 4.67. The first-order valence-corrected chi connectivity index (χ1v) is 6.42. The SMILES string of the molecule is CCCCN(c1cccc(F)c1CO)C1CC1. The summed E-state index contributed by atoms with van der Waals surface area (Å²) in [6, 6.07) is 5.61. The predicted octanol–water partition coefficient (Wildman–Crippen LogP) is 3.09. The van der Waals surface area contributed by atoms with Crippen molar-refractivity contribution in [2.24, 2.45) is 0 Å². The van der Waals surface area contributed by atoms with Gasteiger partial charge in [-0.1, -0.05) is 19.4 Å². The van der Waals surface area contributed by atoms with Gasteiger partial charge < -0.3 is 10.0 Å². The summed E-state index contributed by atoms with van der Waals surface area (Å²) < 4.78 is 13.6. The molecule has 1 aromatic carbocycles. The van der Waals surface area contributed by atoms with E-state index in [2.05, 4.69) is 11.8 Å². The minimum absolute atomic E-state index is 0.225. The van der Waals surface area contributed by atoms with Crippen LogP contribution in [0.5, 0.6) is 0 Å². The highest BCUT2D eigenvalue weighted by molar-refractivity contribution is 5.55. The van der Waals surface area contributed by atoms with Crippen LogP contribution in [0.1, 0.15) is 38.2 Å². The third-order valence-corrected chi connectivity index (χ3v) is 3.30. The number of nitrogens with zero attached hydrogens (tertiary/aromatic N) is 1. The van der Waals surface area contributed by atoms with Crippen molar-refractivity contribution in [3.8, 4) is 0 Å². The number of aliphatic hydroxyl groups excluding tert-OH is 1. The normalized spacial score (nSPS) is 15.0. The molecule has 0 saturated heterocycles. The van der Waals surface area contributed by atoms with Crippen molar-refractivity contribution < 1.29 is 9.50 Å². The van der Waals surface area contributed by atoms with Crippen molar-refractivity contribution in [1.29, 1.82) is 0 Å². The van der Waals surface area contributed by atoms with E-state index in [4.69, 9.17) is 0 Å². The number of halogens is 1. The van der Waals surface area contributed by atoms with Gasteiger partial charge in [-0.25, -0.2) is 4.39 Å². The van der Waals surface area contributed by atoms with Gasteiger partial charge >= 0.3 is 0 Å². The van der Waals surface area contributed by atoms with Crippen LogP contribution in [0.4, 0.5) is 10.1 Å². The van der Waals surface area contributed by atoms with Crippen LogP contribution >= 0.6 is 0 Å². The summed E-state index contributed by atoms with van der Waals surface area (Å²) in [6.07, 6.45) is 4.61. The third-order valence-electron chi connectivity index (χ3n) is 3.30. The molecule has 0 spiro atoms. The highest BCUT2D eigenvalue weighted by Gasteiger charge is 2.30. The second-order valence-electron chi connectivity index (χ2n) is 4.67. The minimum atomic E-state index is -0.299. The van der Waals surface area contributed by atoms with E-state index >= 15 is 0 Å².